The summed E-state index contributed by atoms with van der Waals surface area (Å²) in [6.45, 7) is 6.53. The van der Waals surface area contributed by atoms with E-state index in [9.17, 15) is 4.79 Å². The molecule has 0 rings (SSSR count). The minimum absolute atomic E-state index is 0.309. The van der Waals surface area contributed by atoms with E-state index in [-0.39, 0.29) is 0 Å². The van der Waals surface area contributed by atoms with Gasteiger partial charge in [0.2, 0.25) is 0 Å². The number of rotatable bonds is 5. The molecule has 0 spiro atoms. The van der Waals surface area contributed by atoms with Crippen molar-refractivity contribution in [2.75, 3.05) is 5.75 Å². The van der Waals surface area contributed by atoms with Crippen LogP contribution in [0.2, 0.25) is 0 Å². The second-order valence-electron chi connectivity index (χ2n) is 3.81. The molecule has 2 nitrogen and oxygen atoms in total. The van der Waals surface area contributed by atoms with Crippen LogP contribution in [0.15, 0.2) is 0 Å². The third-order valence-electron chi connectivity index (χ3n) is 1.32. The van der Waals surface area contributed by atoms with Gasteiger partial charge >= 0.3 is 5.97 Å². The van der Waals surface area contributed by atoms with Crippen LogP contribution in [0.5, 0.6) is 0 Å². The van der Waals surface area contributed by atoms with Crippen molar-refractivity contribution in [3.8, 4) is 0 Å². The van der Waals surface area contributed by atoms with Gasteiger partial charge in [0.25, 0.3) is 0 Å². The minimum atomic E-state index is -0.684. The van der Waals surface area contributed by atoms with Crippen LogP contribution in [0.1, 0.15) is 40.0 Å². The summed E-state index contributed by atoms with van der Waals surface area (Å²) >= 11 is 1.89. The largest absolute Gasteiger partial charge is 0.481 e. The van der Waals surface area contributed by atoms with Crippen molar-refractivity contribution in [1.29, 1.82) is 0 Å². The normalized spacial score (nSPS) is 11.6. The summed E-state index contributed by atoms with van der Waals surface area (Å²) < 4.78 is 0.309. The average molecular weight is 190 g/mol. The van der Waals surface area contributed by atoms with Crippen LogP contribution >= 0.6 is 11.8 Å². The summed E-state index contributed by atoms with van der Waals surface area (Å²) in [5, 5.41) is 8.37. The lowest BCUT2D eigenvalue weighted by atomic mass is 10.2. The molecule has 0 aromatic rings. The van der Waals surface area contributed by atoms with Crippen molar-refractivity contribution >= 4 is 17.7 Å². The fourth-order valence-electron chi connectivity index (χ4n) is 0.757. The molecule has 0 unspecified atom stereocenters. The Morgan fingerprint density at radius 1 is 1.33 bits per heavy atom. The van der Waals surface area contributed by atoms with E-state index in [1.54, 1.807) is 0 Å². The summed E-state index contributed by atoms with van der Waals surface area (Å²) in [4.78, 5) is 10.2. The first-order valence-corrected chi connectivity index (χ1v) is 5.26. The zero-order valence-corrected chi connectivity index (χ0v) is 8.91. The summed E-state index contributed by atoms with van der Waals surface area (Å²) in [5.74, 6) is 0.382. The SMILES string of the molecule is CC(C)(C)SCCCCC(=O)O. The van der Waals surface area contributed by atoms with Crippen molar-refractivity contribution in [3.05, 3.63) is 0 Å². The molecule has 0 aromatic heterocycles. The van der Waals surface area contributed by atoms with Gasteiger partial charge in [-0.3, -0.25) is 4.79 Å². The molecule has 0 aromatic carbocycles. The Balaban J connectivity index is 3.17. The molecule has 1 N–H and O–H groups in total. The number of unbranched alkanes of at least 4 members (excludes halogenated alkanes) is 1. The Labute approximate surface area is 78.7 Å². The molecule has 0 atom stereocenters. The van der Waals surface area contributed by atoms with E-state index in [0.29, 0.717) is 11.2 Å². The Kier molecular flexibility index (Phi) is 5.38. The predicted octanol–water partition coefficient (Wildman–Crippen LogP) is 2.77. The molecule has 0 saturated carbocycles. The Morgan fingerprint density at radius 3 is 2.33 bits per heavy atom. The molecular weight excluding hydrogens is 172 g/mol. The number of hydrogen-bond acceptors (Lipinski definition) is 2. The topological polar surface area (TPSA) is 37.3 Å². The molecule has 72 valence electrons. The Hall–Kier alpha value is -0.180. The zero-order valence-electron chi connectivity index (χ0n) is 8.09. The lowest BCUT2D eigenvalue weighted by Crippen LogP contribution is -2.08. The summed E-state index contributed by atoms with van der Waals surface area (Å²) in [6, 6.07) is 0. The van der Waals surface area contributed by atoms with E-state index in [1.165, 1.54) is 0 Å². The van der Waals surface area contributed by atoms with Gasteiger partial charge in [-0.25, -0.2) is 0 Å². The lowest BCUT2D eigenvalue weighted by molar-refractivity contribution is -0.137. The smallest absolute Gasteiger partial charge is 0.303 e. The van der Waals surface area contributed by atoms with Crippen LogP contribution < -0.4 is 0 Å². The second kappa shape index (κ2) is 5.46. The Bertz CT molecular complexity index is 138. The monoisotopic (exact) mass is 190 g/mol. The fraction of sp³-hybridized carbons (Fsp3) is 0.889. The number of carboxylic acids is 1. The summed E-state index contributed by atoms with van der Waals surface area (Å²) in [7, 11) is 0. The second-order valence-corrected chi connectivity index (χ2v) is 5.73. The van der Waals surface area contributed by atoms with Crippen LogP contribution in [0.3, 0.4) is 0 Å². The molecule has 0 amide bonds. The number of thioether (sulfide) groups is 1. The van der Waals surface area contributed by atoms with Gasteiger partial charge in [-0.15, -0.1) is 0 Å². The molecule has 0 bridgehead atoms. The molecule has 0 aliphatic rings. The molecule has 0 radical (unpaired) electrons. The van der Waals surface area contributed by atoms with Gasteiger partial charge in [0, 0.05) is 11.2 Å². The minimum Gasteiger partial charge on any atom is -0.481 e. The average Bonchev–Trinajstić information content (AvgIpc) is 1.83. The zero-order chi connectivity index (χ0) is 9.61. The van der Waals surface area contributed by atoms with Crippen molar-refractivity contribution in [2.24, 2.45) is 0 Å². The molecule has 3 heteroatoms. The predicted molar refractivity (Wildman–Crippen MR) is 53.7 cm³/mol. The maximum Gasteiger partial charge on any atom is 0.303 e. The first-order chi connectivity index (χ1) is 5.42. The van der Waals surface area contributed by atoms with Gasteiger partial charge in [-0.1, -0.05) is 20.8 Å². The highest BCUT2D eigenvalue weighted by molar-refractivity contribution is 8.00. The molecule has 0 aliphatic carbocycles. The third-order valence-corrected chi connectivity index (χ3v) is 2.68. The van der Waals surface area contributed by atoms with Crippen LogP contribution in [0.4, 0.5) is 0 Å². The highest BCUT2D eigenvalue weighted by atomic mass is 32.2. The number of hydrogen-bond donors (Lipinski definition) is 1. The maximum absolute atomic E-state index is 10.2. The van der Waals surface area contributed by atoms with Crippen LogP contribution in [0, 0.1) is 0 Å². The van der Waals surface area contributed by atoms with Gasteiger partial charge in [-0.05, 0) is 18.6 Å². The van der Waals surface area contributed by atoms with Crippen molar-refractivity contribution in [1.82, 2.24) is 0 Å². The maximum atomic E-state index is 10.2. The van der Waals surface area contributed by atoms with Crippen LogP contribution in [-0.4, -0.2) is 21.6 Å². The highest BCUT2D eigenvalue weighted by Crippen LogP contribution is 2.24. The van der Waals surface area contributed by atoms with E-state index < -0.39 is 5.97 Å². The van der Waals surface area contributed by atoms with Gasteiger partial charge in [0.05, 0.1) is 0 Å². The van der Waals surface area contributed by atoms with Gasteiger partial charge in [0.1, 0.15) is 0 Å². The number of aliphatic carboxylic acids is 1. The van der Waals surface area contributed by atoms with Gasteiger partial charge < -0.3 is 5.11 Å². The van der Waals surface area contributed by atoms with Crippen LogP contribution in [0.25, 0.3) is 0 Å². The first kappa shape index (κ1) is 11.8. The van der Waals surface area contributed by atoms with E-state index in [2.05, 4.69) is 20.8 Å². The fourth-order valence-corrected chi connectivity index (χ4v) is 1.72. The van der Waals surface area contributed by atoms with E-state index in [4.69, 9.17) is 5.11 Å². The van der Waals surface area contributed by atoms with Crippen LogP contribution in [-0.2, 0) is 4.79 Å². The molecular formula is C9H18O2S. The Morgan fingerprint density at radius 2 is 1.92 bits per heavy atom. The standard InChI is InChI=1S/C9H18O2S/c1-9(2,3)12-7-5-4-6-8(10)11/h4-7H2,1-3H3,(H,10,11). The van der Waals surface area contributed by atoms with Crippen molar-refractivity contribution < 1.29 is 9.90 Å². The third kappa shape index (κ3) is 9.82. The molecule has 0 aliphatic heterocycles. The van der Waals surface area contributed by atoms with E-state index >= 15 is 0 Å². The van der Waals surface area contributed by atoms with Crippen molar-refractivity contribution in [2.45, 2.75) is 44.8 Å². The molecule has 12 heavy (non-hydrogen) atoms. The van der Waals surface area contributed by atoms with Gasteiger partial charge in [-0.2, -0.15) is 11.8 Å². The highest BCUT2D eigenvalue weighted by Gasteiger charge is 2.09. The molecule has 0 heterocycles. The quantitative estimate of drug-likeness (QED) is 0.677. The van der Waals surface area contributed by atoms with E-state index in [1.807, 2.05) is 11.8 Å². The van der Waals surface area contributed by atoms with Gasteiger partial charge in [0.15, 0.2) is 0 Å². The first-order valence-electron chi connectivity index (χ1n) is 4.27. The number of carbonyl (C=O) groups is 1. The molecule has 0 saturated heterocycles. The number of carboxylic acid groups (broad SMARTS) is 1. The summed E-state index contributed by atoms with van der Waals surface area (Å²) in [6.07, 6.45) is 2.12. The summed E-state index contributed by atoms with van der Waals surface area (Å²) in [5.41, 5.74) is 0. The van der Waals surface area contributed by atoms with E-state index in [0.717, 1.165) is 18.6 Å². The molecule has 0 fully saturated rings. The van der Waals surface area contributed by atoms with Crippen molar-refractivity contribution in [3.63, 3.8) is 0 Å². The lowest BCUT2D eigenvalue weighted by Gasteiger charge is -2.16.